The summed E-state index contributed by atoms with van der Waals surface area (Å²) in [5, 5.41) is 24.0. The van der Waals surface area contributed by atoms with Gasteiger partial charge in [0.05, 0.1) is 17.4 Å². The lowest BCUT2D eigenvalue weighted by atomic mass is 9.83. The highest BCUT2D eigenvalue weighted by Crippen LogP contribution is 2.45. The molecule has 2 rings (SSSR count). The monoisotopic (exact) mass is 926 g/mol. The van der Waals surface area contributed by atoms with Crippen LogP contribution in [-0.2, 0) is 46.3 Å². The average Bonchev–Trinajstić information content (AvgIpc) is 3.20. The van der Waals surface area contributed by atoms with Gasteiger partial charge in [0, 0.05) is 24.3 Å². The molecule has 1 aromatic rings. The lowest BCUT2D eigenvalue weighted by molar-refractivity contribution is -0.139. The van der Waals surface area contributed by atoms with Crippen molar-refractivity contribution < 1.29 is 57.2 Å². The Morgan fingerprint density at radius 1 is 0.873 bits per heavy atom. The van der Waals surface area contributed by atoms with Crippen LogP contribution < -0.4 is 31.2 Å². The first-order valence-electron chi connectivity index (χ1n) is 22.3. The number of carboxylic acids is 2. The van der Waals surface area contributed by atoms with Crippen molar-refractivity contribution in [1.82, 2.24) is 16.0 Å². The molecule has 0 radical (unpaired) electrons. The summed E-state index contributed by atoms with van der Waals surface area (Å²) in [6.07, 6.45) is 11.3. The summed E-state index contributed by atoms with van der Waals surface area (Å²) in [5.74, 6) is -3.05. The Kier molecular flexibility index (Phi) is 24.2. The van der Waals surface area contributed by atoms with Gasteiger partial charge < -0.3 is 45.9 Å². The van der Waals surface area contributed by atoms with Crippen molar-refractivity contribution in [3.05, 3.63) is 22.3 Å². The van der Waals surface area contributed by atoms with Gasteiger partial charge in [0.15, 0.2) is 11.1 Å². The zero-order chi connectivity index (χ0) is 47.4. The minimum Gasteiger partial charge on any atom is -0.487 e. The molecule has 8 N–H and O–H groups in total. The fraction of sp³-hybridized carbons (Fsp3) is 0.733. The number of nitrogens with one attached hydrogen (secondary N) is 3. The SMILES string of the molecule is Cc1c(C)c2c(c(C)c1OC(=O)CC(SC[C@H](NC(=O)CC[C@H](N)C(=O)O)C(=O)NCC(=O)O)C(=O)NCCS(=O)O)CCC(C)(CCCC(C)CCCC(C)CCCC(C)C)O2. The zero-order valence-electron chi connectivity index (χ0n) is 38.6. The third-order valence-corrected chi connectivity index (χ3v) is 13.7. The number of hydrogen-bond acceptors (Lipinski definition) is 11. The molecule has 0 saturated carbocycles. The predicted molar refractivity (Wildman–Crippen MR) is 245 cm³/mol. The summed E-state index contributed by atoms with van der Waals surface area (Å²) in [6.45, 7) is 16.1. The predicted octanol–water partition coefficient (Wildman–Crippen LogP) is 5.75. The maximum Gasteiger partial charge on any atom is 0.322 e. The Balaban J connectivity index is 2.16. The van der Waals surface area contributed by atoms with Crippen molar-refractivity contribution in [3.8, 4) is 11.5 Å². The molecule has 63 heavy (non-hydrogen) atoms. The van der Waals surface area contributed by atoms with Crippen LogP contribution in [0.25, 0.3) is 0 Å². The van der Waals surface area contributed by atoms with Crippen LogP contribution in [0.15, 0.2) is 0 Å². The molecular formula is C45H74N4O12S2. The molecular weight excluding hydrogens is 853 g/mol. The number of esters is 1. The summed E-state index contributed by atoms with van der Waals surface area (Å²) in [6, 6.07) is -2.73. The van der Waals surface area contributed by atoms with E-state index in [0.717, 1.165) is 78.1 Å². The van der Waals surface area contributed by atoms with Crippen LogP contribution in [0.5, 0.6) is 11.5 Å². The van der Waals surface area contributed by atoms with Crippen molar-refractivity contribution in [2.75, 3.05) is 24.6 Å². The molecule has 0 saturated heterocycles. The molecule has 0 fully saturated rings. The number of carboxylic acid groups (broad SMARTS) is 2. The molecule has 18 heteroatoms. The summed E-state index contributed by atoms with van der Waals surface area (Å²) >= 11 is -1.41. The number of rotatable bonds is 30. The largest absolute Gasteiger partial charge is 0.487 e. The number of carbonyl (C=O) groups excluding carboxylic acids is 4. The molecule has 5 unspecified atom stereocenters. The third kappa shape index (κ3) is 20.3. The van der Waals surface area contributed by atoms with E-state index in [1.807, 2.05) is 20.8 Å². The molecule has 1 heterocycles. The maximum absolute atomic E-state index is 13.7. The second-order valence-corrected chi connectivity index (χ2v) is 20.2. The van der Waals surface area contributed by atoms with Gasteiger partial charge in [-0.25, -0.2) is 4.21 Å². The summed E-state index contributed by atoms with van der Waals surface area (Å²) in [5.41, 5.74) is 8.40. The molecule has 358 valence electrons. The highest BCUT2D eigenvalue weighted by atomic mass is 32.2. The fourth-order valence-corrected chi connectivity index (χ4v) is 9.11. The number of benzene rings is 1. The van der Waals surface area contributed by atoms with Gasteiger partial charge >= 0.3 is 17.9 Å². The van der Waals surface area contributed by atoms with Crippen LogP contribution >= 0.6 is 11.8 Å². The van der Waals surface area contributed by atoms with Crippen LogP contribution in [-0.4, -0.2) is 102 Å². The maximum atomic E-state index is 13.7. The number of aliphatic carboxylic acids is 2. The van der Waals surface area contributed by atoms with E-state index in [0.29, 0.717) is 17.2 Å². The summed E-state index contributed by atoms with van der Waals surface area (Å²) in [4.78, 5) is 75.0. The average molecular weight is 927 g/mol. The number of thioether (sulfide) groups is 1. The smallest absolute Gasteiger partial charge is 0.322 e. The lowest BCUT2D eigenvalue weighted by Gasteiger charge is -2.38. The van der Waals surface area contributed by atoms with E-state index in [1.54, 1.807) is 0 Å². The standard InChI is InChI=1S/C45H74N4O12S2/c1-27(2)12-9-13-28(3)14-10-15-29(4)16-11-20-45(8)21-19-33-32(7)40(30(5)31(6)41(33)61-45)60-39(53)24-36(43(55)47-22-23-63(58)59)62-26-35(42(54)48-25-38(51)52)49-37(50)18-17-34(46)44(56)57/h27-29,34-36H,9-26,46H2,1-8H3,(H,47,55)(H,48,54)(H,49,50)(H,51,52)(H,56,57)(H,58,59)/t28?,29?,34-,35-,36?,45?/m0/s1. The van der Waals surface area contributed by atoms with E-state index < -0.39 is 77.0 Å². The van der Waals surface area contributed by atoms with Crippen LogP contribution in [0.3, 0.4) is 0 Å². The van der Waals surface area contributed by atoms with Gasteiger partial charge in [-0.05, 0) is 94.2 Å². The fourth-order valence-electron chi connectivity index (χ4n) is 7.68. The topological polar surface area (TPSA) is 261 Å². The normalized spacial score (nSPS) is 17.6. The highest BCUT2D eigenvalue weighted by molar-refractivity contribution is 8.00. The molecule has 1 aliphatic rings. The molecule has 0 aromatic heterocycles. The second kappa shape index (κ2) is 27.6. The van der Waals surface area contributed by atoms with E-state index in [-0.39, 0.29) is 36.5 Å². The van der Waals surface area contributed by atoms with Gasteiger partial charge in [-0.3, -0.25) is 28.8 Å². The van der Waals surface area contributed by atoms with Crippen LogP contribution in [0.4, 0.5) is 0 Å². The summed E-state index contributed by atoms with van der Waals surface area (Å²) < 4.78 is 33.2. The van der Waals surface area contributed by atoms with E-state index in [9.17, 15) is 37.5 Å². The van der Waals surface area contributed by atoms with Crippen LogP contribution in [0.2, 0.25) is 0 Å². The van der Waals surface area contributed by atoms with Crippen molar-refractivity contribution in [2.24, 2.45) is 23.5 Å². The van der Waals surface area contributed by atoms with Crippen molar-refractivity contribution in [2.45, 2.75) is 168 Å². The number of fused-ring (bicyclic) bond motifs is 1. The molecule has 1 aliphatic heterocycles. The van der Waals surface area contributed by atoms with Gasteiger partial charge in [0.25, 0.3) is 0 Å². The third-order valence-electron chi connectivity index (χ3n) is 11.8. The minimum atomic E-state index is -2.21. The Labute approximate surface area is 380 Å². The van der Waals surface area contributed by atoms with Gasteiger partial charge in [0.2, 0.25) is 17.7 Å². The van der Waals surface area contributed by atoms with E-state index in [2.05, 4.69) is 50.6 Å². The summed E-state index contributed by atoms with van der Waals surface area (Å²) in [7, 11) is 0. The number of hydrogen-bond donors (Lipinski definition) is 7. The number of amides is 3. The molecule has 1 aromatic carbocycles. The van der Waals surface area contributed by atoms with Crippen LogP contribution in [0, 0.1) is 38.5 Å². The van der Waals surface area contributed by atoms with E-state index in [4.69, 9.17) is 25.4 Å². The molecule has 3 amide bonds. The first kappa shape index (κ1) is 55.4. The van der Waals surface area contributed by atoms with Crippen LogP contribution in [0.1, 0.15) is 140 Å². The molecule has 7 atom stereocenters. The number of carbonyl (C=O) groups is 6. The first-order chi connectivity index (χ1) is 29.5. The Morgan fingerprint density at radius 2 is 1.49 bits per heavy atom. The van der Waals surface area contributed by atoms with E-state index >= 15 is 0 Å². The Morgan fingerprint density at radius 3 is 2.08 bits per heavy atom. The number of ether oxygens (including phenoxy) is 2. The van der Waals surface area contributed by atoms with Gasteiger partial charge in [-0.1, -0.05) is 72.6 Å². The lowest BCUT2D eigenvalue weighted by Crippen LogP contribution is -2.50. The Bertz CT molecular complexity index is 1740. The van der Waals surface area contributed by atoms with Crippen molar-refractivity contribution >= 4 is 58.5 Å². The van der Waals surface area contributed by atoms with E-state index in [1.165, 1.54) is 38.5 Å². The zero-order valence-corrected chi connectivity index (χ0v) is 40.2. The molecule has 16 nitrogen and oxygen atoms in total. The van der Waals surface area contributed by atoms with Crippen molar-refractivity contribution in [3.63, 3.8) is 0 Å². The van der Waals surface area contributed by atoms with Crippen molar-refractivity contribution in [1.29, 1.82) is 0 Å². The van der Waals surface area contributed by atoms with Gasteiger partial charge in [0.1, 0.15) is 35.7 Å². The minimum absolute atomic E-state index is 0.199. The first-order valence-corrected chi connectivity index (χ1v) is 24.6. The van der Waals surface area contributed by atoms with Gasteiger partial charge in [-0.15, -0.1) is 11.8 Å². The molecule has 0 bridgehead atoms. The quantitative estimate of drug-likeness (QED) is 0.0276. The number of nitrogens with two attached hydrogens (primary N) is 1. The highest BCUT2D eigenvalue weighted by Gasteiger charge is 2.36. The van der Waals surface area contributed by atoms with Gasteiger partial charge in [-0.2, -0.15) is 0 Å². The Hall–Kier alpha value is -3.74. The second-order valence-electron chi connectivity index (χ2n) is 18.0. The molecule has 0 spiro atoms. The molecule has 0 aliphatic carbocycles.